The summed E-state index contributed by atoms with van der Waals surface area (Å²) in [6, 6.07) is 10.6. The van der Waals surface area contributed by atoms with Crippen molar-refractivity contribution in [1.82, 2.24) is 15.0 Å². The molecule has 6 heteroatoms. The van der Waals surface area contributed by atoms with Crippen LogP contribution in [-0.4, -0.2) is 22.1 Å². The normalized spacial score (nSPS) is 11.0. The molecule has 0 spiro atoms. The highest BCUT2D eigenvalue weighted by Crippen LogP contribution is 2.31. The number of nitrogens with one attached hydrogen (secondary N) is 2. The summed E-state index contributed by atoms with van der Waals surface area (Å²) < 4.78 is 19.4. The van der Waals surface area contributed by atoms with Gasteiger partial charge in [0.1, 0.15) is 11.6 Å². The van der Waals surface area contributed by atoms with Crippen LogP contribution < -0.4 is 4.74 Å². The number of hydrogen-bond acceptors (Lipinski definition) is 3. The maximum Gasteiger partial charge on any atom is 0.150 e. The third-order valence-corrected chi connectivity index (χ3v) is 4.09. The summed E-state index contributed by atoms with van der Waals surface area (Å²) in [6.07, 6.45) is 2.17. The molecule has 0 aliphatic rings. The standard InChI is InChI=1S/C18H13FN4O/c1-24-16-8-13(19)18-11(4-5-21-18)12(16)7-17-22-14-3-2-10(9-20)6-15(14)23-17/h2-6,8,21H,7H2,1H3,(H,22,23). The summed E-state index contributed by atoms with van der Waals surface area (Å²) in [6.45, 7) is 0. The molecule has 2 heterocycles. The van der Waals surface area contributed by atoms with Crippen LogP contribution >= 0.6 is 0 Å². The Morgan fingerprint density at radius 2 is 2.17 bits per heavy atom. The van der Waals surface area contributed by atoms with Crippen LogP contribution in [-0.2, 0) is 6.42 Å². The van der Waals surface area contributed by atoms with E-state index in [0.717, 1.165) is 27.8 Å². The molecule has 118 valence electrons. The number of imidazole rings is 1. The number of rotatable bonds is 3. The molecule has 0 saturated heterocycles. The molecular weight excluding hydrogens is 307 g/mol. The van der Waals surface area contributed by atoms with E-state index in [1.807, 2.05) is 12.1 Å². The third-order valence-electron chi connectivity index (χ3n) is 4.09. The van der Waals surface area contributed by atoms with Crippen LogP contribution in [0.5, 0.6) is 5.75 Å². The summed E-state index contributed by atoms with van der Waals surface area (Å²) >= 11 is 0. The van der Waals surface area contributed by atoms with E-state index in [9.17, 15) is 4.39 Å². The Morgan fingerprint density at radius 3 is 2.96 bits per heavy atom. The van der Waals surface area contributed by atoms with Crippen LogP contribution in [0.25, 0.3) is 21.9 Å². The highest BCUT2D eigenvalue weighted by molar-refractivity contribution is 5.86. The largest absolute Gasteiger partial charge is 0.496 e. The van der Waals surface area contributed by atoms with Crippen molar-refractivity contribution < 1.29 is 9.13 Å². The monoisotopic (exact) mass is 320 g/mol. The number of H-pyrrole nitrogens is 2. The zero-order valence-electron chi connectivity index (χ0n) is 12.9. The lowest BCUT2D eigenvalue weighted by Crippen LogP contribution is -1.98. The molecule has 0 radical (unpaired) electrons. The fourth-order valence-corrected chi connectivity index (χ4v) is 2.97. The van der Waals surface area contributed by atoms with Crippen LogP contribution in [0, 0.1) is 17.1 Å². The Hall–Kier alpha value is -3.33. The molecule has 2 N–H and O–H groups in total. The van der Waals surface area contributed by atoms with Gasteiger partial charge in [-0.05, 0) is 24.3 Å². The lowest BCUT2D eigenvalue weighted by molar-refractivity contribution is 0.408. The Labute approximate surface area is 136 Å². The number of ether oxygens (including phenoxy) is 1. The molecule has 0 amide bonds. The summed E-state index contributed by atoms with van der Waals surface area (Å²) in [5.41, 5.74) is 3.47. The Balaban J connectivity index is 1.83. The molecule has 0 atom stereocenters. The van der Waals surface area contributed by atoms with Crippen molar-refractivity contribution in [1.29, 1.82) is 5.26 Å². The molecular formula is C18H13FN4O. The van der Waals surface area contributed by atoms with Gasteiger partial charge in [-0.15, -0.1) is 0 Å². The molecule has 0 fully saturated rings. The van der Waals surface area contributed by atoms with Crippen LogP contribution in [0.2, 0.25) is 0 Å². The minimum absolute atomic E-state index is 0.348. The van der Waals surface area contributed by atoms with E-state index in [-0.39, 0.29) is 5.82 Å². The van der Waals surface area contributed by atoms with Gasteiger partial charge in [0.05, 0.1) is 35.3 Å². The SMILES string of the molecule is COc1cc(F)c2[nH]ccc2c1Cc1nc2ccc(C#N)cc2[nH]1. The van der Waals surface area contributed by atoms with Crippen molar-refractivity contribution in [3.8, 4) is 11.8 Å². The molecule has 4 aromatic rings. The minimum Gasteiger partial charge on any atom is -0.496 e. The second-order valence-electron chi connectivity index (χ2n) is 5.51. The van der Waals surface area contributed by atoms with E-state index in [4.69, 9.17) is 10.00 Å². The van der Waals surface area contributed by atoms with E-state index in [2.05, 4.69) is 21.0 Å². The third kappa shape index (κ3) is 2.18. The lowest BCUT2D eigenvalue weighted by atomic mass is 10.0. The van der Waals surface area contributed by atoms with Gasteiger partial charge in [-0.2, -0.15) is 5.26 Å². The van der Waals surface area contributed by atoms with Crippen LogP contribution in [0.15, 0.2) is 36.5 Å². The van der Waals surface area contributed by atoms with E-state index in [1.165, 1.54) is 13.2 Å². The maximum atomic E-state index is 14.1. The number of nitrogens with zero attached hydrogens (tertiary/aromatic N) is 2. The molecule has 2 aromatic heterocycles. The summed E-state index contributed by atoms with van der Waals surface area (Å²) in [7, 11) is 1.52. The van der Waals surface area contributed by atoms with Crippen LogP contribution in [0.1, 0.15) is 17.0 Å². The first-order valence-electron chi connectivity index (χ1n) is 7.41. The number of benzene rings is 2. The highest BCUT2D eigenvalue weighted by Gasteiger charge is 2.16. The van der Waals surface area contributed by atoms with Crippen LogP contribution in [0.3, 0.4) is 0 Å². The predicted molar refractivity (Wildman–Crippen MR) is 88.4 cm³/mol. The molecule has 5 nitrogen and oxygen atoms in total. The fourth-order valence-electron chi connectivity index (χ4n) is 2.97. The second kappa shape index (κ2) is 5.39. The maximum absolute atomic E-state index is 14.1. The first-order chi connectivity index (χ1) is 11.7. The zero-order valence-corrected chi connectivity index (χ0v) is 12.9. The van der Waals surface area contributed by atoms with Gasteiger partial charge in [-0.3, -0.25) is 0 Å². The summed E-state index contributed by atoms with van der Waals surface area (Å²) in [5.74, 6) is 0.865. The van der Waals surface area contributed by atoms with Gasteiger partial charge < -0.3 is 14.7 Å². The Bertz CT molecular complexity index is 1100. The lowest BCUT2D eigenvalue weighted by Gasteiger charge is -2.09. The first-order valence-corrected chi connectivity index (χ1v) is 7.41. The smallest absolute Gasteiger partial charge is 0.150 e. The van der Waals surface area contributed by atoms with Crippen molar-refractivity contribution in [2.45, 2.75) is 6.42 Å². The number of nitriles is 1. The molecule has 24 heavy (non-hydrogen) atoms. The Kier molecular flexibility index (Phi) is 3.21. The number of hydrogen-bond donors (Lipinski definition) is 2. The number of methoxy groups -OCH3 is 1. The second-order valence-corrected chi connectivity index (χ2v) is 5.51. The number of fused-ring (bicyclic) bond motifs is 2. The first kappa shape index (κ1) is 14.3. The van der Waals surface area contributed by atoms with Gasteiger partial charge >= 0.3 is 0 Å². The van der Waals surface area contributed by atoms with Crippen LogP contribution in [0.4, 0.5) is 4.39 Å². The predicted octanol–water partition coefficient (Wildman–Crippen LogP) is 3.65. The van der Waals surface area contributed by atoms with Crippen molar-refractivity contribution in [2.75, 3.05) is 7.11 Å². The molecule has 0 bridgehead atoms. The molecule has 2 aromatic carbocycles. The summed E-state index contributed by atoms with van der Waals surface area (Å²) in [5, 5.41) is 9.76. The van der Waals surface area contributed by atoms with Gasteiger partial charge in [-0.1, -0.05) is 0 Å². The molecule has 0 aliphatic carbocycles. The topological polar surface area (TPSA) is 77.5 Å². The van der Waals surface area contributed by atoms with Crippen molar-refractivity contribution >= 4 is 21.9 Å². The van der Waals surface area contributed by atoms with Gasteiger partial charge in [0.2, 0.25) is 0 Å². The van der Waals surface area contributed by atoms with E-state index in [0.29, 0.717) is 23.3 Å². The molecule has 0 aliphatic heterocycles. The van der Waals surface area contributed by atoms with E-state index < -0.39 is 0 Å². The average molecular weight is 320 g/mol. The molecule has 0 unspecified atom stereocenters. The molecule has 0 saturated carbocycles. The highest BCUT2D eigenvalue weighted by atomic mass is 19.1. The van der Waals surface area contributed by atoms with Gasteiger partial charge in [0, 0.05) is 29.6 Å². The van der Waals surface area contributed by atoms with E-state index in [1.54, 1.807) is 18.3 Å². The minimum atomic E-state index is -0.348. The van der Waals surface area contributed by atoms with Crippen molar-refractivity contribution in [3.05, 3.63) is 59.3 Å². The van der Waals surface area contributed by atoms with Crippen molar-refractivity contribution in [2.24, 2.45) is 0 Å². The number of aromatic amines is 2. The fraction of sp³-hybridized carbons (Fsp3) is 0.111. The zero-order chi connectivity index (χ0) is 16.7. The number of aromatic nitrogens is 3. The quantitative estimate of drug-likeness (QED) is 0.605. The summed E-state index contributed by atoms with van der Waals surface area (Å²) in [4.78, 5) is 10.7. The van der Waals surface area contributed by atoms with Gasteiger partial charge in [0.25, 0.3) is 0 Å². The van der Waals surface area contributed by atoms with E-state index >= 15 is 0 Å². The molecule has 4 rings (SSSR count). The Morgan fingerprint density at radius 1 is 1.29 bits per heavy atom. The number of halogens is 1. The van der Waals surface area contributed by atoms with Gasteiger partial charge in [-0.25, -0.2) is 9.37 Å². The average Bonchev–Trinajstić information content (AvgIpc) is 3.22. The van der Waals surface area contributed by atoms with Gasteiger partial charge in [0.15, 0.2) is 5.82 Å². The van der Waals surface area contributed by atoms with Crippen molar-refractivity contribution in [3.63, 3.8) is 0 Å².